The molecule has 3 N–H and O–H groups in total. The molecule has 0 saturated heterocycles. The van der Waals surface area contributed by atoms with Crippen LogP contribution in [0.5, 0.6) is 0 Å². The standard InChI is InChI=1S/C8H17NO2/c1-6(2)8(11)7(10)4-3-5-9/h6-7,10H,3-5,9H2,1-2H3. The molecule has 0 spiro atoms. The summed E-state index contributed by atoms with van der Waals surface area (Å²) in [7, 11) is 0. The Morgan fingerprint density at radius 3 is 2.45 bits per heavy atom. The molecule has 11 heavy (non-hydrogen) atoms. The molecule has 0 aromatic rings. The minimum absolute atomic E-state index is 0.0808. The number of aliphatic hydroxyl groups is 1. The van der Waals surface area contributed by atoms with Crippen LogP contribution in [-0.2, 0) is 4.79 Å². The highest BCUT2D eigenvalue weighted by atomic mass is 16.3. The smallest absolute Gasteiger partial charge is 0.163 e. The normalized spacial score (nSPS) is 13.5. The molecule has 1 atom stereocenters. The van der Waals surface area contributed by atoms with Crippen molar-refractivity contribution in [1.29, 1.82) is 0 Å². The molecular weight excluding hydrogens is 142 g/mol. The number of carbonyl (C=O) groups is 1. The van der Waals surface area contributed by atoms with Crippen LogP contribution in [0.4, 0.5) is 0 Å². The molecule has 0 fully saturated rings. The number of Topliss-reactive ketones (excluding diaryl/α,β-unsaturated/α-hetero) is 1. The zero-order valence-corrected chi connectivity index (χ0v) is 7.21. The maximum Gasteiger partial charge on any atom is 0.163 e. The van der Waals surface area contributed by atoms with Crippen LogP contribution in [0.25, 0.3) is 0 Å². The first kappa shape index (κ1) is 10.6. The Bertz CT molecular complexity index is 123. The van der Waals surface area contributed by atoms with Crippen molar-refractivity contribution < 1.29 is 9.90 Å². The molecule has 0 aliphatic heterocycles. The highest BCUT2D eigenvalue weighted by Gasteiger charge is 2.16. The van der Waals surface area contributed by atoms with Gasteiger partial charge >= 0.3 is 0 Å². The van der Waals surface area contributed by atoms with E-state index in [1.807, 2.05) is 0 Å². The van der Waals surface area contributed by atoms with Crippen molar-refractivity contribution in [2.45, 2.75) is 32.8 Å². The monoisotopic (exact) mass is 159 g/mol. The second-order valence-electron chi connectivity index (χ2n) is 3.00. The van der Waals surface area contributed by atoms with Crippen molar-refractivity contribution in [3.63, 3.8) is 0 Å². The largest absolute Gasteiger partial charge is 0.385 e. The van der Waals surface area contributed by atoms with E-state index in [0.717, 1.165) is 0 Å². The Balaban J connectivity index is 3.64. The molecule has 0 heterocycles. The van der Waals surface area contributed by atoms with Gasteiger partial charge in [-0.3, -0.25) is 4.79 Å². The van der Waals surface area contributed by atoms with Crippen molar-refractivity contribution in [3.05, 3.63) is 0 Å². The maximum absolute atomic E-state index is 11.1. The number of nitrogens with two attached hydrogens (primary N) is 1. The number of hydrogen-bond acceptors (Lipinski definition) is 3. The third-order valence-corrected chi connectivity index (χ3v) is 1.58. The molecule has 0 aliphatic carbocycles. The fourth-order valence-electron chi connectivity index (χ4n) is 0.838. The van der Waals surface area contributed by atoms with Crippen molar-refractivity contribution in [3.8, 4) is 0 Å². The van der Waals surface area contributed by atoms with Gasteiger partial charge in [0.2, 0.25) is 0 Å². The minimum atomic E-state index is -0.807. The van der Waals surface area contributed by atoms with Gasteiger partial charge < -0.3 is 10.8 Å². The summed E-state index contributed by atoms with van der Waals surface area (Å²) in [5.41, 5.74) is 5.23. The predicted octanol–water partition coefficient (Wildman–Crippen LogP) is 0.311. The third-order valence-electron chi connectivity index (χ3n) is 1.58. The van der Waals surface area contributed by atoms with Gasteiger partial charge in [-0.25, -0.2) is 0 Å². The van der Waals surface area contributed by atoms with Crippen LogP contribution in [0, 0.1) is 5.92 Å². The summed E-state index contributed by atoms with van der Waals surface area (Å²) in [4.78, 5) is 11.1. The number of aliphatic hydroxyl groups excluding tert-OH is 1. The molecule has 0 radical (unpaired) electrons. The lowest BCUT2D eigenvalue weighted by atomic mass is 10.0. The van der Waals surface area contributed by atoms with E-state index in [-0.39, 0.29) is 11.7 Å². The Kier molecular flexibility index (Phi) is 5.07. The van der Waals surface area contributed by atoms with Crippen LogP contribution >= 0.6 is 0 Å². The van der Waals surface area contributed by atoms with Gasteiger partial charge in [0.15, 0.2) is 5.78 Å². The number of carbonyl (C=O) groups excluding carboxylic acids is 1. The molecule has 0 amide bonds. The summed E-state index contributed by atoms with van der Waals surface area (Å²) in [5, 5.41) is 9.21. The topological polar surface area (TPSA) is 63.3 Å². The summed E-state index contributed by atoms with van der Waals surface area (Å²) in [6.45, 7) is 4.10. The van der Waals surface area contributed by atoms with Gasteiger partial charge in [0.25, 0.3) is 0 Å². The summed E-state index contributed by atoms with van der Waals surface area (Å²) < 4.78 is 0. The number of ketones is 1. The molecule has 3 heteroatoms. The quantitative estimate of drug-likeness (QED) is 0.607. The molecule has 0 aliphatic rings. The average Bonchev–Trinajstić information content (AvgIpc) is 1.98. The van der Waals surface area contributed by atoms with Gasteiger partial charge in [0.05, 0.1) is 0 Å². The zero-order valence-electron chi connectivity index (χ0n) is 7.21. The molecular formula is C8H17NO2. The Morgan fingerprint density at radius 1 is 1.55 bits per heavy atom. The molecule has 0 aromatic carbocycles. The van der Waals surface area contributed by atoms with Gasteiger partial charge in [-0.1, -0.05) is 13.8 Å². The van der Waals surface area contributed by atoms with E-state index in [4.69, 9.17) is 5.73 Å². The van der Waals surface area contributed by atoms with E-state index in [2.05, 4.69) is 0 Å². The fourth-order valence-corrected chi connectivity index (χ4v) is 0.838. The maximum atomic E-state index is 11.1. The SMILES string of the molecule is CC(C)C(=O)C(O)CCCN. The summed E-state index contributed by atoms with van der Waals surface area (Å²) in [5.74, 6) is -0.166. The number of rotatable bonds is 5. The van der Waals surface area contributed by atoms with E-state index in [1.165, 1.54) is 0 Å². The predicted molar refractivity (Wildman–Crippen MR) is 44.1 cm³/mol. The van der Waals surface area contributed by atoms with E-state index in [0.29, 0.717) is 19.4 Å². The van der Waals surface area contributed by atoms with Gasteiger partial charge in [0, 0.05) is 5.92 Å². The van der Waals surface area contributed by atoms with E-state index in [9.17, 15) is 9.90 Å². The van der Waals surface area contributed by atoms with E-state index in [1.54, 1.807) is 13.8 Å². The fraction of sp³-hybridized carbons (Fsp3) is 0.875. The van der Waals surface area contributed by atoms with Gasteiger partial charge in [-0.2, -0.15) is 0 Å². The minimum Gasteiger partial charge on any atom is -0.385 e. The molecule has 0 bridgehead atoms. The van der Waals surface area contributed by atoms with Crippen LogP contribution in [-0.4, -0.2) is 23.5 Å². The van der Waals surface area contributed by atoms with Crippen LogP contribution in [0.15, 0.2) is 0 Å². The molecule has 66 valence electrons. The second-order valence-corrected chi connectivity index (χ2v) is 3.00. The lowest BCUT2D eigenvalue weighted by molar-refractivity contribution is -0.130. The van der Waals surface area contributed by atoms with Crippen LogP contribution in [0.1, 0.15) is 26.7 Å². The summed E-state index contributed by atoms with van der Waals surface area (Å²) in [6.07, 6.45) is 0.395. The van der Waals surface area contributed by atoms with Crippen molar-refractivity contribution in [2.24, 2.45) is 11.7 Å². The molecule has 0 aromatic heterocycles. The van der Waals surface area contributed by atoms with Crippen molar-refractivity contribution >= 4 is 5.78 Å². The first-order chi connectivity index (χ1) is 5.09. The Morgan fingerprint density at radius 2 is 2.09 bits per heavy atom. The molecule has 1 unspecified atom stereocenters. The van der Waals surface area contributed by atoms with Crippen molar-refractivity contribution in [2.75, 3.05) is 6.54 Å². The lowest BCUT2D eigenvalue weighted by Gasteiger charge is -2.10. The first-order valence-electron chi connectivity index (χ1n) is 4.01. The summed E-state index contributed by atoms with van der Waals surface area (Å²) >= 11 is 0. The Labute approximate surface area is 67.6 Å². The van der Waals surface area contributed by atoms with E-state index >= 15 is 0 Å². The molecule has 0 saturated carbocycles. The summed E-state index contributed by atoms with van der Waals surface area (Å²) in [6, 6.07) is 0. The highest BCUT2D eigenvalue weighted by Crippen LogP contribution is 2.04. The Hall–Kier alpha value is -0.410. The zero-order chi connectivity index (χ0) is 8.85. The number of hydrogen-bond donors (Lipinski definition) is 2. The van der Waals surface area contributed by atoms with Crippen molar-refractivity contribution in [1.82, 2.24) is 0 Å². The highest BCUT2D eigenvalue weighted by molar-refractivity contribution is 5.84. The van der Waals surface area contributed by atoms with Crippen LogP contribution < -0.4 is 5.73 Å². The van der Waals surface area contributed by atoms with Crippen LogP contribution in [0.2, 0.25) is 0 Å². The molecule has 0 rings (SSSR count). The van der Waals surface area contributed by atoms with E-state index < -0.39 is 6.10 Å². The first-order valence-corrected chi connectivity index (χ1v) is 4.01. The second kappa shape index (κ2) is 5.27. The molecule has 3 nitrogen and oxygen atoms in total. The lowest BCUT2D eigenvalue weighted by Crippen LogP contribution is -2.25. The van der Waals surface area contributed by atoms with Gasteiger partial charge in [-0.05, 0) is 19.4 Å². The van der Waals surface area contributed by atoms with Gasteiger partial charge in [0.1, 0.15) is 6.10 Å². The third kappa shape index (κ3) is 4.11. The van der Waals surface area contributed by atoms with Crippen LogP contribution in [0.3, 0.4) is 0 Å². The van der Waals surface area contributed by atoms with Gasteiger partial charge in [-0.15, -0.1) is 0 Å². The average molecular weight is 159 g/mol.